The molecule has 7 nitrogen and oxygen atoms in total. The maximum absolute atomic E-state index is 11.9. The summed E-state index contributed by atoms with van der Waals surface area (Å²) in [7, 11) is 0. The van der Waals surface area contributed by atoms with Gasteiger partial charge in [0, 0.05) is 22.3 Å². The average Bonchev–Trinajstić information content (AvgIpc) is 2.50. The summed E-state index contributed by atoms with van der Waals surface area (Å²) in [5, 5.41) is 23.4. The third-order valence-electron chi connectivity index (χ3n) is 4.51. The van der Waals surface area contributed by atoms with Crippen molar-refractivity contribution in [2.24, 2.45) is 5.92 Å². The van der Waals surface area contributed by atoms with Gasteiger partial charge in [0.25, 0.3) is 0 Å². The van der Waals surface area contributed by atoms with Gasteiger partial charge in [0.2, 0.25) is 0 Å². The van der Waals surface area contributed by atoms with Crippen molar-refractivity contribution in [1.29, 1.82) is 0 Å². The van der Waals surface area contributed by atoms with Crippen LogP contribution in [0, 0.1) is 26.1 Å². The summed E-state index contributed by atoms with van der Waals surface area (Å²) in [4.78, 5) is 34.0. The topological polar surface area (TPSA) is 103 Å². The Morgan fingerprint density at radius 1 is 1.21 bits per heavy atom. The van der Waals surface area contributed by atoms with Gasteiger partial charge in [-0.25, -0.2) is 0 Å². The van der Waals surface area contributed by atoms with Gasteiger partial charge in [-0.3, -0.25) is 25.0 Å². The van der Waals surface area contributed by atoms with Gasteiger partial charge in [-0.2, -0.15) is 0 Å². The van der Waals surface area contributed by atoms with Crippen LogP contribution in [0.4, 0.5) is 0 Å². The number of nitrogens with zero attached hydrogens (tertiary/aromatic N) is 2. The van der Waals surface area contributed by atoms with E-state index < -0.39 is 33.1 Å². The molecule has 3 atom stereocenters. The minimum absolute atomic E-state index is 0.253. The summed E-state index contributed by atoms with van der Waals surface area (Å²) >= 11 is 0. The highest BCUT2D eigenvalue weighted by Gasteiger charge is 2.64. The number of ketones is 1. The van der Waals surface area contributed by atoms with Gasteiger partial charge in [-0.05, 0) is 31.1 Å². The zero-order valence-corrected chi connectivity index (χ0v) is 13.6. The summed E-state index contributed by atoms with van der Waals surface area (Å²) in [5.74, 6) is -1.60. The number of Topliss-reactive ketones (excluding diaryl/α,β-unsaturated/α-hetero) is 1. The van der Waals surface area contributed by atoms with Crippen molar-refractivity contribution in [3.63, 3.8) is 0 Å². The van der Waals surface area contributed by atoms with Gasteiger partial charge >= 0.3 is 11.6 Å². The van der Waals surface area contributed by atoms with E-state index in [4.69, 9.17) is 0 Å². The van der Waals surface area contributed by atoms with Crippen molar-refractivity contribution >= 4 is 11.9 Å². The van der Waals surface area contributed by atoms with E-state index in [0.29, 0.717) is 11.1 Å². The van der Waals surface area contributed by atoms with Gasteiger partial charge in [0.1, 0.15) is 11.7 Å². The van der Waals surface area contributed by atoms with Gasteiger partial charge in [0.05, 0.1) is 0 Å². The molecule has 0 amide bonds. The molecule has 0 heterocycles. The maximum Gasteiger partial charge on any atom is 0.307 e. The van der Waals surface area contributed by atoms with Crippen molar-refractivity contribution < 1.29 is 14.6 Å². The third kappa shape index (κ3) is 2.84. The summed E-state index contributed by atoms with van der Waals surface area (Å²) in [6.45, 7) is 4.04. The van der Waals surface area contributed by atoms with Crippen molar-refractivity contribution in [3.05, 3.63) is 73.3 Å². The van der Waals surface area contributed by atoms with E-state index in [2.05, 4.69) is 0 Å². The summed E-state index contributed by atoms with van der Waals surface area (Å²) in [6, 6.07) is 7.28. The van der Waals surface area contributed by atoms with Crippen molar-refractivity contribution in [2.75, 3.05) is 0 Å². The standard InChI is InChI=1S/C17H18N2O5/c1-11-9-15(12(2)20)17(3,19(23)24)16(18(21)22)14(11)10-13-7-5-4-6-8-13/h4-10,15-16H,1-3H3/b14-10+. The number of nitro groups is 2. The number of hydrogen-bond acceptors (Lipinski definition) is 5. The molecule has 0 bridgehead atoms. The van der Waals surface area contributed by atoms with Gasteiger partial charge in [-0.1, -0.05) is 36.4 Å². The van der Waals surface area contributed by atoms with E-state index >= 15 is 0 Å². The largest absolute Gasteiger partial charge is 0.307 e. The fourth-order valence-corrected chi connectivity index (χ4v) is 3.21. The van der Waals surface area contributed by atoms with Crippen LogP contribution in [0.15, 0.2) is 47.6 Å². The molecule has 24 heavy (non-hydrogen) atoms. The predicted octanol–water partition coefficient (Wildman–Crippen LogP) is 2.92. The summed E-state index contributed by atoms with van der Waals surface area (Å²) < 4.78 is 0. The first-order valence-corrected chi connectivity index (χ1v) is 7.43. The van der Waals surface area contributed by atoms with Crippen LogP contribution >= 0.6 is 0 Å². The number of hydrogen-bond donors (Lipinski definition) is 0. The average molecular weight is 330 g/mol. The van der Waals surface area contributed by atoms with Crippen LogP contribution in [-0.4, -0.2) is 27.2 Å². The molecule has 0 spiro atoms. The normalized spacial score (nSPS) is 28.3. The van der Waals surface area contributed by atoms with E-state index in [-0.39, 0.29) is 5.57 Å². The third-order valence-corrected chi connectivity index (χ3v) is 4.51. The highest BCUT2D eigenvalue weighted by Crippen LogP contribution is 2.41. The lowest BCUT2D eigenvalue weighted by Crippen LogP contribution is -2.59. The van der Waals surface area contributed by atoms with Crippen LogP contribution in [-0.2, 0) is 4.79 Å². The Balaban J connectivity index is 2.73. The molecular formula is C17H18N2O5. The van der Waals surface area contributed by atoms with Crippen LogP contribution < -0.4 is 0 Å². The summed E-state index contributed by atoms with van der Waals surface area (Å²) in [6.07, 6.45) is 3.05. The van der Waals surface area contributed by atoms with Crippen molar-refractivity contribution in [2.45, 2.75) is 32.4 Å². The first-order chi connectivity index (χ1) is 11.2. The lowest BCUT2D eigenvalue weighted by Gasteiger charge is -2.34. The quantitative estimate of drug-likeness (QED) is 0.623. The van der Waals surface area contributed by atoms with E-state index in [1.807, 2.05) is 6.07 Å². The molecule has 0 saturated heterocycles. The second-order valence-corrected chi connectivity index (χ2v) is 6.12. The first kappa shape index (κ1) is 17.5. The smallest absolute Gasteiger partial charge is 0.299 e. The van der Waals surface area contributed by atoms with Crippen LogP contribution in [0.2, 0.25) is 0 Å². The molecular weight excluding hydrogens is 312 g/mol. The second-order valence-electron chi connectivity index (χ2n) is 6.12. The van der Waals surface area contributed by atoms with E-state index in [9.17, 15) is 25.0 Å². The Kier molecular flexibility index (Phi) is 4.64. The van der Waals surface area contributed by atoms with Gasteiger partial charge < -0.3 is 0 Å². The molecule has 0 saturated carbocycles. The molecule has 1 aliphatic rings. The monoisotopic (exact) mass is 330 g/mol. The molecule has 126 valence electrons. The molecule has 3 unspecified atom stereocenters. The fourth-order valence-electron chi connectivity index (χ4n) is 3.21. The Morgan fingerprint density at radius 2 is 1.79 bits per heavy atom. The number of carbonyl (C=O) groups is 1. The molecule has 0 fully saturated rings. The van der Waals surface area contributed by atoms with E-state index in [1.165, 1.54) is 19.9 Å². The highest BCUT2D eigenvalue weighted by atomic mass is 16.6. The van der Waals surface area contributed by atoms with E-state index in [0.717, 1.165) is 0 Å². The second kappa shape index (κ2) is 6.35. The molecule has 1 aromatic carbocycles. The molecule has 0 aliphatic heterocycles. The van der Waals surface area contributed by atoms with Crippen molar-refractivity contribution in [1.82, 2.24) is 0 Å². The van der Waals surface area contributed by atoms with Crippen LogP contribution in [0.1, 0.15) is 26.3 Å². The number of rotatable bonds is 4. The molecule has 1 aromatic rings. The zero-order valence-electron chi connectivity index (χ0n) is 13.6. The molecule has 0 radical (unpaired) electrons. The Morgan fingerprint density at radius 3 is 2.25 bits per heavy atom. The molecule has 0 aromatic heterocycles. The van der Waals surface area contributed by atoms with Gasteiger partial charge in [-0.15, -0.1) is 0 Å². The minimum Gasteiger partial charge on any atom is -0.299 e. The zero-order chi connectivity index (χ0) is 18.1. The predicted molar refractivity (Wildman–Crippen MR) is 88.5 cm³/mol. The number of carbonyl (C=O) groups excluding carboxylic acids is 1. The first-order valence-electron chi connectivity index (χ1n) is 7.43. The molecule has 7 heteroatoms. The molecule has 1 aliphatic carbocycles. The minimum atomic E-state index is -2.03. The molecule has 2 rings (SSSR count). The van der Waals surface area contributed by atoms with Crippen LogP contribution in [0.5, 0.6) is 0 Å². The van der Waals surface area contributed by atoms with Crippen LogP contribution in [0.3, 0.4) is 0 Å². The Hall–Kier alpha value is -2.83. The maximum atomic E-state index is 11.9. The van der Waals surface area contributed by atoms with E-state index in [1.54, 1.807) is 37.3 Å². The molecule has 0 N–H and O–H groups in total. The van der Waals surface area contributed by atoms with Gasteiger partial charge in [0.15, 0.2) is 0 Å². The Bertz CT molecular complexity index is 754. The number of benzene rings is 1. The lowest BCUT2D eigenvalue weighted by atomic mass is 9.68. The fraction of sp³-hybridized carbons (Fsp3) is 0.353. The SMILES string of the molecule is CC(=O)C1C=C(C)/C(=C\c2ccccc2)C([N+](=O)[O-])C1(C)[N+](=O)[O-]. The van der Waals surface area contributed by atoms with Crippen molar-refractivity contribution in [3.8, 4) is 0 Å². The Labute approximate surface area is 139 Å². The van der Waals surface area contributed by atoms with Crippen LogP contribution in [0.25, 0.3) is 6.08 Å². The summed E-state index contributed by atoms with van der Waals surface area (Å²) in [5.41, 5.74) is -0.558. The lowest BCUT2D eigenvalue weighted by molar-refractivity contribution is -0.647. The highest BCUT2D eigenvalue weighted by molar-refractivity contribution is 5.83.